The summed E-state index contributed by atoms with van der Waals surface area (Å²) in [7, 11) is -3.87. The van der Waals surface area contributed by atoms with Gasteiger partial charge in [-0.05, 0) is 87.9 Å². The van der Waals surface area contributed by atoms with E-state index in [0.717, 1.165) is 41.1 Å². The zero-order valence-corrected chi connectivity index (χ0v) is 21.9. The van der Waals surface area contributed by atoms with Gasteiger partial charge in [0, 0.05) is 19.1 Å². The molecule has 0 aromatic heterocycles. The Labute approximate surface area is 215 Å². The molecule has 2 aromatic rings. The van der Waals surface area contributed by atoms with Crippen LogP contribution in [0.2, 0.25) is 0 Å². The summed E-state index contributed by atoms with van der Waals surface area (Å²) in [6.07, 6.45) is -2.49. The molecule has 7 nitrogen and oxygen atoms in total. The van der Waals surface area contributed by atoms with Gasteiger partial charge in [0.1, 0.15) is 17.0 Å². The fraction of sp³-hybridized carbons (Fsp3) is 0.500. The maximum atomic E-state index is 13.0. The van der Waals surface area contributed by atoms with Crippen LogP contribution in [0.5, 0.6) is 11.5 Å². The van der Waals surface area contributed by atoms with Gasteiger partial charge in [-0.1, -0.05) is 12.1 Å². The van der Waals surface area contributed by atoms with Crippen molar-refractivity contribution in [3.05, 3.63) is 53.6 Å². The number of aryl methyl sites for hydroxylation is 2. The molecule has 2 saturated heterocycles. The molecule has 2 aromatic carbocycles. The van der Waals surface area contributed by atoms with Crippen LogP contribution in [0.15, 0.2) is 47.4 Å². The van der Waals surface area contributed by atoms with Crippen molar-refractivity contribution >= 4 is 15.9 Å². The molecule has 1 unspecified atom stereocenters. The van der Waals surface area contributed by atoms with Gasteiger partial charge in [0.25, 0.3) is 0 Å². The zero-order valence-electron chi connectivity index (χ0n) is 21.0. The van der Waals surface area contributed by atoms with E-state index in [-0.39, 0.29) is 29.9 Å². The number of benzene rings is 2. The number of ether oxygens (including phenoxy) is 2. The maximum Gasteiger partial charge on any atom is 0.573 e. The number of alkyl halides is 3. The SMILES string of the molecule is Cc1ccc(C)c(OCCCC2(C)C(=O)N2C2CCN(S(=O)(=O)c3ccc(OC(F)(F)F)cc3)CC2)c1. The van der Waals surface area contributed by atoms with E-state index in [9.17, 15) is 26.4 Å². The summed E-state index contributed by atoms with van der Waals surface area (Å²) >= 11 is 0. The highest BCUT2D eigenvalue weighted by molar-refractivity contribution is 7.89. The third kappa shape index (κ3) is 6.04. The number of rotatable bonds is 9. The van der Waals surface area contributed by atoms with E-state index in [4.69, 9.17) is 4.74 Å². The zero-order chi connectivity index (χ0) is 27.0. The lowest BCUT2D eigenvalue weighted by molar-refractivity contribution is -0.274. The average Bonchev–Trinajstić information content (AvgIpc) is 3.38. The first-order valence-electron chi connectivity index (χ1n) is 12.2. The van der Waals surface area contributed by atoms with Crippen LogP contribution in [0.25, 0.3) is 0 Å². The minimum Gasteiger partial charge on any atom is -0.493 e. The second-order valence-corrected chi connectivity index (χ2v) is 11.8. The van der Waals surface area contributed by atoms with Crippen LogP contribution >= 0.6 is 0 Å². The average molecular weight is 541 g/mol. The number of nitrogens with zero attached hydrogens (tertiary/aromatic N) is 2. The molecule has 2 aliphatic heterocycles. The van der Waals surface area contributed by atoms with Gasteiger partial charge < -0.3 is 14.4 Å². The van der Waals surface area contributed by atoms with Gasteiger partial charge in [0.2, 0.25) is 15.9 Å². The van der Waals surface area contributed by atoms with Crippen molar-refractivity contribution in [2.75, 3.05) is 19.7 Å². The molecule has 4 rings (SSSR count). The van der Waals surface area contributed by atoms with Crippen molar-refractivity contribution in [3.63, 3.8) is 0 Å². The molecule has 2 aliphatic rings. The van der Waals surface area contributed by atoms with Crippen LogP contribution in [0, 0.1) is 13.8 Å². The number of hydrogen-bond donors (Lipinski definition) is 0. The molecule has 1 amide bonds. The minimum absolute atomic E-state index is 0.0496. The molecule has 1 atom stereocenters. The van der Waals surface area contributed by atoms with E-state index in [1.807, 2.05) is 43.9 Å². The van der Waals surface area contributed by atoms with Crippen LogP contribution in [-0.4, -0.2) is 61.2 Å². The summed E-state index contributed by atoms with van der Waals surface area (Å²) in [5, 5.41) is 0. The summed E-state index contributed by atoms with van der Waals surface area (Å²) in [6.45, 7) is 6.87. The summed E-state index contributed by atoms with van der Waals surface area (Å²) in [6, 6.07) is 10.2. The molecule has 0 spiro atoms. The summed E-state index contributed by atoms with van der Waals surface area (Å²) in [4.78, 5) is 14.5. The molecule has 0 saturated carbocycles. The number of hydrogen-bond acceptors (Lipinski definition) is 5. The molecule has 0 aliphatic carbocycles. The Morgan fingerprint density at radius 2 is 1.70 bits per heavy atom. The van der Waals surface area contributed by atoms with Gasteiger partial charge in [-0.25, -0.2) is 8.42 Å². The van der Waals surface area contributed by atoms with Crippen molar-refractivity contribution in [2.24, 2.45) is 0 Å². The van der Waals surface area contributed by atoms with Crippen LogP contribution in [0.1, 0.15) is 43.7 Å². The Bertz CT molecular complexity index is 1240. The third-order valence-electron chi connectivity index (χ3n) is 7.05. The van der Waals surface area contributed by atoms with Gasteiger partial charge in [-0.2, -0.15) is 4.31 Å². The van der Waals surface area contributed by atoms with Gasteiger partial charge in [0.05, 0.1) is 11.5 Å². The monoisotopic (exact) mass is 540 g/mol. The van der Waals surface area contributed by atoms with Crippen molar-refractivity contribution in [1.82, 2.24) is 9.21 Å². The van der Waals surface area contributed by atoms with Gasteiger partial charge >= 0.3 is 6.36 Å². The van der Waals surface area contributed by atoms with Gasteiger partial charge in [-0.3, -0.25) is 4.79 Å². The number of piperidine rings is 1. The van der Waals surface area contributed by atoms with E-state index in [1.54, 1.807) is 0 Å². The predicted octanol–water partition coefficient (Wildman–Crippen LogP) is 4.82. The van der Waals surface area contributed by atoms with Crippen molar-refractivity contribution in [1.29, 1.82) is 0 Å². The number of amides is 1. The van der Waals surface area contributed by atoms with E-state index >= 15 is 0 Å². The first-order chi connectivity index (χ1) is 17.3. The Morgan fingerprint density at radius 1 is 1.05 bits per heavy atom. The quantitative estimate of drug-likeness (QED) is 0.337. The van der Waals surface area contributed by atoms with Gasteiger partial charge in [0.15, 0.2) is 0 Å². The smallest absolute Gasteiger partial charge is 0.493 e. The Balaban J connectivity index is 1.27. The standard InChI is InChI=1S/C26H31F3N2O5S/c1-18-5-6-19(2)23(17-18)35-16-4-13-25(3)24(32)31(25)20-11-14-30(15-12-20)37(33,34)22-9-7-21(8-10-22)36-26(27,28)29/h5-10,17,20H,4,11-16H2,1-3H3. The van der Waals surface area contributed by atoms with Gasteiger partial charge in [-0.15, -0.1) is 13.2 Å². The largest absolute Gasteiger partial charge is 0.573 e. The van der Waals surface area contributed by atoms with E-state index in [0.29, 0.717) is 32.3 Å². The fourth-order valence-electron chi connectivity index (χ4n) is 4.92. The predicted molar refractivity (Wildman–Crippen MR) is 131 cm³/mol. The molecule has 202 valence electrons. The lowest BCUT2D eigenvalue weighted by atomic mass is 10.0. The molecular weight excluding hydrogens is 509 g/mol. The number of carbonyl (C=O) groups excluding carboxylic acids is 1. The lowest BCUT2D eigenvalue weighted by Crippen LogP contribution is -2.43. The van der Waals surface area contributed by atoms with Crippen LogP contribution in [0.4, 0.5) is 13.2 Å². The number of halogens is 3. The highest BCUT2D eigenvalue weighted by Gasteiger charge is 2.60. The topological polar surface area (TPSA) is 75.9 Å². The van der Waals surface area contributed by atoms with E-state index in [2.05, 4.69) is 4.74 Å². The van der Waals surface area contributed by atoms with Crippen molar-refractivity contribution in [3.8, 4) is 11.5 Å². The Kier molecular flexibility index (Phi) is 7.49. The summed E-state index contributed by atoms with van der Waals surface area (Å²) in [5.74, 6) is 0.435. The Hall–Kier alpha value is -2.79. The molecule has 2 heterocycles. The van der Waals surface area contributed by atoms with E-state index in [1.165, 1.54) is 4.31 Å². The third-order valence-corrected chi connectivity index (χ3v) is 8.97. The molecule has 2 fully saturated rings. The first-order valence-corrected chi connectivity index (χ1v) is 13.6. The Morgan fingerprint density at radius 3 is 2.32 bits per heavy atom. The molecule has 0 radical (unpaired) electrons. The molecular formula is C26H31F3N2O5S. The molecule has 11 heteroatoms. The van der Waals surface area contributed by atoms with Crippen molar-refractivity contribution < 1.29 is 35.9 Å². The maximum absolute atomic E-state index is 13.0. The number of sulfonamides is 1. The van der Waals surface area contributed by atoms with Crippen LogP contribution in [-0.2, 0) is 14.8 Å². The molecule has 0 bridgehead atoms. The van der Waals surface area contributed by atoms with Crippen LogP contribution in [0.3, 0.4) is 0 Å². The molecule has 37 heavy (non-hydrogen) atoms. The first kappa shape index (κ1) is 27.3. The summed E-state index contributed by atoms with van der Waals surface area (Å²) < 4.78 is 74.1. The highest BCUT2D eigenvalue weighted by atomic mass is 32.2. The second kappa shape index (κ2) is 10.2. The second-order valence-electron chi connectivity index (χ2n) is 9.82. The number of carbonyl (C=O) groups is 1. The van der Waals surface area contributed by atoms with E-state index < -0.39 is 27.7 Å². The minimum atomic E-state index is -4.85. The van der Waals surface area contributed by atoms with Crippen LogP contribution < -0.4 is 9.47 Å². The normalized spacial score (nSPS) is 21.2. The summed E-state index contributed by atoms with van der Waals surface area (Å²) in [5.41, 5.74) is 1.62. The molecule has 0 N–H and O–H groups in total. The lowest BCUT2D eigenvalue weighted by Gasteiger charge is -2.32. The highest BCUT2D eigenvalue weighted by Crippen LogP contribution is 2.43. The fourth-order valence-corrected chi connectivity index (χ4v) is 6.39. The van der Waals surface area contributed by atoms with Crippen molar-refractivity contribution in [2.45, 2.75) is 69.3 Å².